The summed E-state index contributed by atoms with van der Waals surface area (Å²) in [6.45, 7) is 9.93. The second-order valence-corrected chi connectivity index (χ2v) is 8.47. The van der Waals surface area contributed by atoms with Gasteiger partial charge in [0.25, 0.3) is 0 Å². The van der Waals surface area contributed by atoms with Crippen molar-refractivity contribution in [2.24, 2.45) is 0 Å². The maximum Gasteiger partial charge on any atom is 0.329 e. The Bertz CT molecular complexity index is 773. The molecule has 0 bridgehead atoms. The molecule has 2 aliphatic heterocycles. The van der Waals surface area contributed by atoms with Crippen LogP contribution in [-0.4, -0.2) is 47.1 Å². The van der Waals surface area contributed by atoms with Gasteiger partial charge in [-0.05, 0) is 51.3 Å². The van der Waals surface area contributed by atoms with Gasteiger partial charge in [0, 0.05) is 12.5 Å². The normalized spacial score (nSPS) is 20.6. The lowest BCUT2D eigenvalue weighted by molar-refractivity contribution is -0.163. The maximum atomic E-state index is 13.1. The smallest absolute Gasteiger partial charge is 0.329 e. The van der Waals surface area contributed by atoms with E-state index in [0.29, 0.717) is 24.5 Å². The topological polar surface area (TPSA) is 65.1 Å². The Balaban J connectivity index is 1.76. The Morgan fingerprint density at radius 2 is 2.04 bits per heavy atom. The summed E-state index contributed by atoms with van der Waals surface area (Å²) in [7, 11) is 0. The Morgan fingerprint density at radius 1 is 1.32 bits per heavy atom. The van der Waals surface area contributed by atoms with Crippen molar-refractivity contribution in [2.75, 3.05) is 13.3 Å². The second-order valence-electron chi connectivity index (χ2n) is 8.00. The number of halogens is 1. The second kappa shape index (κ2) is 8.03. The molecule has 0 N–H and O–H groups in total. The van der Waals surface area contributed by atoms with Gasteiger partial charge < -0.3 is 19.1 Å². The van der Waals surface area contributed by atoms with Crippen LogP contribution in [0.25, 0.3) is 0 Å². The van der Waals surface area contributed by atoms with Crippen LogP contribution in [0.2, 0.25) is 0 Å². The zero-order valence-electron chi connectivity index (χ0n) is 16.4. The predicted octanol–water partition coefficient (Wildman–Crippen LogP) is 3.63. The molecular formula is C21H26ClNO5. The summed E-state index contributed by atoms with van der Waals surface area (Å²) in [5.41, 5.74) is 0.200. The van der Waals surface area contributed by atoms with E-state index in [1.807, 2.05) is 32.9 Å². The number of ether oxygens (including phenoxy) is 3. The molecule has 2 heterocycles. The van der Waals surface area contributed by atoms with Gasteiger partial charge in [0.05, 0.1) is 0 Å². The number of likely N-dealkylation sites (tertiary alicyclic amines) is 1. The molecule has 0 saturated carbocycles. The predicted molar refractivity (Wildman–Crippen MR) is 106 cm³/mol. The number of hydrogen-bond acceptors (Lipinski definition) is 5. The quantitative estimate of drug-likeness (QED) is 0.423. The summed E-state index contributed by atoms with van der Waals surface area (Å²) in [6, 6.07) is 4.85. The molecule has 1 aromatic carbocycles. The number of nitrogens with zero attached hydrogens (tertiary/aromatic N) is 1. The van der Waals surface area contributed by atoms with Crippen molar-refractivity contribution in [1.82, 2.24) is 4.90 Å². The average Bonchev–Trinajstić information content (AvgIpc) is 3.29. The highest BCUT2D eigenvalue weighted by atomic mass is 35.5. The summed E-state index contributed by atoms with van der Waals surface area (Å²) < 4.78 is 16.2. The van der Waals surface area contributed by atoms with E-state index in [4.69, 9.17) is 25.8 Å². The average molecular weight is 408 g/mol. The van der Waals surface area contributed by atoms with Crippen molar-refractivity contribution in [3.05, 3.63) is 36.4 Å². The van der Waals surface area contributed by atoms with Crippen molar-refractivity contribution in [3.63, 3.8) is 0 Å². The zero-order valence-corrected chi connectivity index (χ0v) is 17.2. The fraction of sp³-hybridized carbons (Fsp3) is 0.524. The Kier molecular flexibility index (Phi) is 5.89. The van der Waals surface area contributed by atoms with E-state index in [1.165, 1.54) is 4.90 Å². The monoisotopic (exact) mass is 407 g/mol. The van der Waals surface area contributed by atoms with E-state index in [-0.39, 0.29) is 18.7 Å². The van der Waals surface area contributed by atoms with Crippen molar-refractivity contribution >= 4 is 23.5 Å². The van der Waals surface area contributed by atoms with E-state index in [2.05, 4.69) is 6.58 Å². The number of benzene rings is 1. The summed E-state index contributed by atoms with van der Waals surface area (Å²) >= 11 is 6.58. The molecule has 0 radical (unpaired) electrons. The first-order chi connectivity index (χ1) is 13.2. The molecule has 6 nitrogen and oxygen atoms in total. The number of carbonyl (C=O) groups excluding carboxylic acids is 2. The molecule has 3 rings (SSSR count). The van der Waals surface area contributed by atoms with Crippen LogP contribution in [0.4, 0.5) is 0 Å². The summed E-state index contributed by atoms with van der Waals surface area (Å²) in [5, 5.41) is -0.888. The van der Waals surface area contributed by atoms with Gasteiger partial charge in [0.15, 0.2) is 11.5 Å². The summed E-state index contributed by atoms with van der Waals surface area (Å²) in [6.07, 6.45) is 2.96. The van der Waals surface area contributed by atoms with Crippen LogP contribution in [0, 0.1) is 0 Å². The molecule has 1 saturated heterocycles. The van der Waals surface area contributed by atoms with Gasteiger partial charge in [-0.2, -0.15) is 0 Å². The van der Waals surface area contributed by atoms with Crippen LogP contribution in [0.3, 0.4) is 0 Å². The summed E-state index contributed by atoms with van der Waals surface area (Å²) in [5.74, 6) is 0.170. The standard InChI is InChI=1S/C21H26ClNO5/c1-5-14(13-8-9-16-17(11-13)27-12-26-16)18(22)19(24)23-10-6-7-15(23)20(25)28-21(2,3)4/h5,8-9,11,14-15,18H,1,6-7,10,12H2,2-4H3/t14-,15+,18-/m1/s1. The fourth-order valence-corrected chi connectivity index (χ4v) is 3.88. The number of amides is 1. The fourth-order valence-electron chi connectivity index (χ4n) is 3.50. The minimum Gasteiger partial charge on any atom is -0.458 e. The van der Waals surface area contributed by atoms with Crippen molar-refractivity contribution < 1.29 is 23.8 Å². The lowest BCUT2D eigenvalue weighted by Gasteiger charge is -2.30. The lowest BCUT2D eigenvalue weighted by atomic mass is 9.94. The molecule has 28 heavy (non-hydrogen) atoms. The number of fused-ring (bicyclic) bond motifs is 1. The van der Waals surface area contributed by atoms with Crippen LogP contribution in [-0.2, 0) is 14.3 Å². The molecule has 2 aliphatic rings. The number of carbonyl (C=O) groups is 2. The molecule has 0 aromatic heterocycles. The van der Waals surface area contributed by atoms with Crippen LogP contribution in [0.1, 0.15) is 45.1 Å². The van der Waals surface area contributed by atoms with Gasteiger partial charge in [-0.1, -0.05) is 12.1 Å². The van der Waals surface area contributed by atoms with E-state index in [1.54, 1.807) is 12.1 Å². The Hall–Kier alpha value is -2.21. The van der Waals surface area contributed by atoms with E-state index >= 15 is 0 Å². The van der Waals surface area contributed by atoms with Gasteiger partial charge in [0.1, 0.15) is 17.0 Å². The summed E-state index contributed by atoms with van der Waals surface area (Å²) in [4.78, 5) is 27.2. The number of hydrogen-bond donors (Lipinski definition) is 0. The molecule has 0 spiro atoms. The molecule has 1 fully saturated rings. The number of rotatable bonds is 5. The number of esters is 1. The molecule has 3 atom stereocenters. The third kappa shape index (κ3) is 4.27. The SMILES string of the molecule is C=C[C@H](c1ccc2c(c1)OCO2)[C@@H](Cl)C(=O)N1CCC[C@H]1C(=O)OC(C)(C)C. The van der Waals surface area contributed by atoms with Crippen molar-refractivity contribution in [1.29, 1.82) is 0 Å². The first-order valence-electron chi connectivity index (χ1n) is 9.41. The van der Waals surface area contributed by atoms with Crippen LogP contribution in [0.15, 0.2) is 30.9 Å². The molecule has 0 aliphatic carbocycles. The Morgan fingerprint density at radius 3 is 2.71 bits per heavy atom. The van der Waals surface area contributed by atoms with E-state index in [9.17, 15) is 9.59 Å². The zero-order chi connectivity index (χ0) is 20.5. The first-order valence-corrected chi connectivity index (χ1v) is 9.84. The number of alkyl halides is 1. The van der Waals surface area contributed by atoms with E-state index in [0.717, 1.165) is 12.0 Å². The molecule has 1 aromatic rings. The van der Waals surface area contributed by atoms with Crippen molar-refractivity contribution in [3.8, 4) is 11.5 Å². The van der Waals surface area contributed by atoms with Crippen molar-refractivity contribution in [2.45, 2.75) is 56.6 Å². The van der Waals surface area contributed by atoms with Gasteiger partial charge in [0.2, 0.25) is 12.7 Å². The maximum absolute atomic E-state index is 13.1. The third-order valence-corrected chi connectivity index (χ3v) is 5.26. The van der Waals surface area contributed by atoms with Gasteiger partial charge in [-0.3, -0.25) is 4.79 Å². The van der Waals surface area contributed by atoms with Gasteiger partial charge in [-0.25, -0.2) is 4.79 Å². The highest BCUT2D eigenvalue weighted by molar-refractivity contribution is 6.31. The van der Waals surface area contributed by atoms with Crippen LogP contribution in [0.5, 0.6) is 11.5 Å². The third-order valence-electron chi connectivity index (χ3n) is 4.80. The largest absolute Gasteiger partial charge is 0.458 e. The lowest BCUT2D eigenvalue weighted by Crippen LogP contribution is -2.47. The first kappa shape index (κ1) is 20.5. The highest BCUT2D eigenvalue weighted by Gasteiger charge is 2.40. The molecule has 152 valence electrons. The minimum atomic E-state index is -0.888. The molecular weight excluding hydrogens is 382 g/mol. The molecule has 1 amide bonds. The minimum absolute atomic E-state index is 0.173. The molecule has 7 heteroatoms. The molecule has 0 unspecified atom stereocenters. The van der Waals surface area contributed by atoms with Gasteiger partial charge >= 0.3 is 5.97 Å². The van der Waals surface area contributed by atoms with Crippen LogP contribution >= 0.6 is 11.6 Å². The van der Waals surface area contributed by atoms with Gasteiger partial charge in [-0.15, -0.1) is 18.2 Å². The van der Waals surface area contributed by atoms with E-state index < -0.39 is 22.9 Å². The number of allylic oxidation sites excluding steroid dienone is 1. The Labute approximate surface area is 170 Å². The van der Waals surface area contributed by atoms with Crippen LogP contribution < -0.4 is 9.47 Å². The highest BCUT2D eigenvalue weighted by Crippen LogP contribution is 2.37.